The van der Waals surface area contributed by atoms with Gasteiger partial charge in [0, 0.05) is 31.7 Å². The molecule has 0 saturated carbocycles. The Bertz CT molecular complexity index is 669. The van der Waals surface area contributed by atoms with E-state index in [1.54, 1.807) is 23.1 Å². The van der Waals surface area contributed by atoms with Crippen molar-refractivity contribution in [2.75, 3.05) is 26.2 Å². The first-order chi connectivity index (χ1) is 12.7. The number of alkyl halides is 2. The van der Waals surface area contributed by atoms with Crippen LogP contribution in [-0.4, -0.2) is 60.2 Å². The third-order valence-electron chi connectivity index (χ3n) is 3.86. The molecule has 1 heterocycles. The molecule has 9 heteroatoms. The topological polar surface area (TPSA) is 80.4 Å². The summed E-state index contributed by atoms with van der Waals surface area (Å²) in [4.78, 5) is 19.8. The summed E-state index contributed by atoms with van der Waals surface area (Å²) < 4.78 is 34.8. The van der Waals surface area contributed by atoms with Crippen molar-refractivity contribution in [3.8, 4) is 5.75 Å². The largest absolute Gasteiger partial charge is 0.444 e. The number of benzene rings is 1. The second-order valence-electron chi connectivity index (χ2n) is 7.12. The lowest BCUT2D eigenvalue weighted by Crippen LogP contribution is -2.53. The number of halogens is 2. The number of carbonyl (C=O) groups is 1. The molecule has 0 spiro atoms. The number of para-hydroxylation sites is 1. The lowest BCUT2D eigenvalue weighted by atomic mass is 10.2. The Morgan fingerprint density at radius 2 is 1.78 bits per heavy atom. The summed E-state index contributed by atoms with van der Waals surface area (Å²) in [6.45, 7) is 4.67. The van der Waals surface area contributed by atoms with Gasteiger partial charge >= 0.3 is 12.7 Å². The number of piperazine rings is 1. The van der Waals surface area contributed by atoms with E-state index in [0.717, 1.165) is 0 Å². The Morgan fingerprint density at radius 1 is 1.19 bits per heavy atom. The van der Waals surface area contributed by atoms with Gasteiger partial charge in [0.25, 0.3) is 0 Å². The maximum absolute atomic E-state index is 12.5. The van der Waals surface area contributed by atoms with Crippen LogP contribution in [0.4, 0.5) is 13.6 Å². The minimum atomic E-state index is -2.89. The molecule has 0 aromatic heterocycles. The number of guanidine groups is 1. The minimum absolute atomic E-state index is 0.0822. The first-order valence-corrected chi connectivity index (χ1v) is 8.71. The van der Waals surface area contributed by atoms with E-state index in [4.69, 9.17) is 10.5 Å². The number of amides is 1. The molecule has 7 nitrogen and oxygen atoms in total. The molecule has 1 fully saturated rings. The zero-order valence-corrected chi connectivity index (χ0v) is 15.8. The van der Waals surface area contributed by atoms with E-state index < -0.39 is 12.2 Å². The highest BCUT2D eigenvalue weighted by Gasteiger charge is 2.26. The van der Waals surface area contributed by atoms with Gasteiger partial charge in [-0.2, -0.15) is 8.78 Å². The number of hydrogen-bond donors (Lipinski definition) is 1. The SMILES string of the molecule is CC(C)(C)OC(=O)N1CCN(C(N)=NCc2ccccc2OC(F)F)CC1. The Balaban J connectivity index is 1.91. The molecule has 1 saturated heterocycles. The van der Waals surface area contributed by atoms with Gasteiger partial charge in [0.15, 0.2) is 5.96 Å². The van der Waals surface area contributed by atoms with Gasteiger partial charge in [-0.05, 0) is 26.8 Å². The van der Waals surface area contributed by atoms with E-state index in [-0.39, 0.29) is 18.4 Å². The molecule has 0 unspecified atom stereocenters. The van der Waals surface area contributed by atoms with Gasteiger partial charge in [0.1, 0.15) is 11.4 Å². The average molecular weight is 384 g/mol. The lowest BCUT2D eigenvalue weighted by molar-refractivity contribution is -0.0504. The molecule has 2 rings (SSSR count). The normalized spacial score (nSPS) is 15.9. The van der Waals surface area contributed by atoms with E-state index in [2.05, 4.69) is 9.73 Å². The second-order valence-corrected chi connectivity index (χ2v) is 7.12. The molecule has 2 N–H and O–H groups in total. The van der Waals surface area contributed by atoms with Crippen molar-refractivity contribution in [1.82, 2.24) is 9.80 Å². The van der Waals surface area contributed by atoms with Gasteiger partial charge < -0.3 is 25.0 Å². The summed E-state index contributed by atoms with van der Waals surface area (Å²) in [5.74, 6) is 0.379. The second kappa shape index (κ2) is 8.88. The molecule has 1 aliphatic rings. The number of nitrogens with zero attached hydrogens (tertiary/aromatic N) is 3. The zero-order valence-electron chi connectivity index (χ0n) is 15.8. The molecule has 1 amide bonds. The molecule has 150 valence electrons. The Hall–Kier alpha value is -2.58. The van der Waals surface area contributed by atoms with Crippen LogP contribution in [0.15, 0.2) is 29.3 Å². The average Bonchev–Trinajstić information content (AvgIpc) is 2.59. The van der Waals surface area contributed by atoms with Crippen molar-refractivity contribution < 1.29 is 23.0 Å². The quantitative estimate of drug-likeness (QED) is 0.638. The van der Waals surface area contributed by atoms with Crippen LogP contribution in [0.1, 0.15) is 26.3 Å². The zero-order chi connectivity index (χ0) is 20.0. The number of nitrogens with two attached hydrogens (primary N) is 1. The molecule has 0 atom stereocenters. The fraction of sp³-hybridized carbons (Fsp3) is 0.556. The number of aliphatic imine (C=N–C) groups is 1. The maximum Gasteiger partial charge on any atom is 0.410 e. The summed E-state index contributed by atoms with van der Waals surface area (Å²) >= 11 is 0. The van der Waals surface area contributed by atoms with Gasteiger partial charge in [-0.25, -0.2) is 9.79 Å². The van der Waals surface area contributed by atoms with Crippen molar-refractivity contribution in [2.24, 2.45) is 10.7 Å². The lowest BCUT2D eigenvalue weighted by Gasteiger charge is -2.36. The van der Waals surface area contributed by atoms with Gasteiger partial charge in [0.05, 0.1) is 6.54 Å². The van der Waals surface area contributed by atoms with Gasteiger partial charge in [0.2, 0.25) is 0 Å². The smallest absolute Gasteiger partial charge is 0.410 e. The highest BCUT2D eigenvalue weighted by molar-refractivity contribution is 5.78. The summed E-state index contributed by atoms with van der Waals surface area (Å²) in [5, 5.41) is 0. The Labute approximate surface area is 157 Å². The highest BCUT2D eigenvalue weighted by atomic mass is 19.3. The van der Waals surface area contributed by atoms with Gasteiger partial charge in [-0.1, -0.05) is 18.2 Å². The van der Waals surface area contributed by atoms with Gasteiger partial charge in [-0.3, -0.25) is 0 Å². The number of rotatable bonds is 4. The molecule has 0 radical (unpaired) electrons. The summed E-state index contributed by atoms with van der Waals surface area (Å²) in [6, 6.07) is 6.46. The highest BCUT2D eigenvalue weighted by Crippen LogP contribution is 2.21. The Morgan fingerprint density at radius 3 is 2.37 bits per heavy atom. The number of hydrogen-bond acceptors (Lipinski definition) is 4. The third-order valence-corrected chi connectivity index (χ3v) is 3.86. The molecule has 1 aromatic rings. The fourth-order valence-corrected chi connectivity index (χ4v) is 2.56. The van der Waals surface area contributed by atoms with E-state index in [0.29, 0.717) is 37.7 Å². The van der Waals surface area contributed by atoms with E-state index >= 15 is 0 Å². The first kappa shape index (κ1) is 20.7. The monoisotopic (exact) mass is 384 g/mol. The predicted octanol–water partition coefficient (Wildman–Crippen LogP) is 2.66. The standard InChI is InChI=1S/C18H26F2N4O3/c1-18(2,3)27-17(25)24-10-8-23(9-11-24)16(21)22-12-13-6-4-5-7-14(13)26-15(19)20/h4-7,15H,8-12H2,1-3H3,(H2,21,22). The summed E-state index contributed by atoms with van der Waals surface area (Å²) in [7, 11) is 0. The minimum Gasteiger partial charge on any atom is -0.444 e. The fourth-order valence-electron chi connectivity index (χ4n) is 2.56. The first-order valence-electron chi connectivity index (χ1n) is 8.71. The summed E-state index contributed by atoms with van der Waals surface area (Å²) in [6.07, 6.45) is -0.351. The van der Waals surface area contributed by atoms with Crippen LogP contribution in [0.3, 0.4) is 0 Å². The molecular weight excluding hydrogens is 358 g/mol. The van der Waals surface area contributed by atoms with E-state index in [1.165, 1.54) is 6.07 Å². The molecule has 27 heavy (non-hydrogen) atoms. The predicted molar refractivity (Wildman–Crippen MR) is 97.8 cm³/mol. The van der Waals surface area contributed by atoms with Crippen LogP contribution >= 0.6 is 0 Å². The molecular formula is C18H26F2N4O3. The van der Waals surface area contributed by atoms with E-state index in [9.17, 15) is 13.6 Å². The van der Waals surface area contributed by atoms with Crippen LogP contribution in [-0.2, 0) is 11.3 Å². The molecule has 1 aromatic carbocycles. The maximum atomic E-state index is 12.5. The molecule has 0 aliphatic carbocycles. The number of ether oxygens (including phenoxy) is 2. The van der Waals surface area contributed by atoms with Crippen molar-refractivity contribution >= 4 is 12.1 Å². The van der Waals surface area contributed by atoms with Crippen LogP contribution in [0.25, 0.3) is 0 Å². The van der Waals surface area contributed by atoms with Crippen LogP contribution in [0.5, 0.6) is 5.75 Å². The molecule has 1 aliphatic heterocycles. The van der Waals surface area contributed by atoms with Crippen LogP contribution < -0.4 is 10.5 Å². The van der Waals surface area contributed by atoms with Crippen molar-refractivity contribution in [3.05, 3.63) is 29.8 Å². The third kappa shape index (κ3) is 6.58. The summed E-state index contributed by atoms with van der Waals surface area (Å²) in [5.41, 5.74) is 6.01. The Kier molecular flexibility index (Phi) is 6.81. The number of carbonyl (C=O) groups excluding carboxylic acids is 1. The van der Waals surface area contributed by atoms with Crippen molar-refractivity contribution in [3.63, 3.8) is 0 Å². The van der Waals surface area contributed by atoms with Gasteiger partial charge in [-0.15, -0.1) is 0 Å². The van der Waals surface area contributed by atoms with Crippen molar-refractivity contribution in [2.45, 2.75) is 39.5 Å². The molecule has 0 bridgehead atoms. The van der Waals surface area contributed by atoms with Crippen molar-refractivity contribution in [1.29, 1.82) is 0 Å². The van der Waals surface area contributed by atoms with Crippen LogP contribution in [0, 0.1) is 0 Å². The van der Waals surface area contributed by atoms with E-state index in [1.807, 2.05) is 25.7 Å². The van der Waals surface area contributed by atoms with Crippen LogP contribution in [0.2, 0.25) is 0 Å².